The van der Waals surface area contributed by atoms with Gasteiger partial charge in [-0.05, 0) is 68.8 Å². The SMILES string of the molecule is C=C/C=C\C(=C)C.CC.CC(=O)Cc1nc(-c2ccc(F)c(C)c2)cn1-c1ccc(F)cc1.CCCCCCC. The minimum absolute atomic E-state index is 0.0224. The first-order valence-corrected chi connectivity index (χ1v) is 14.2. The van der Waals surface area contributed by atoms with Crippen LogP contribution in [0.3, 0.4) is 0 Å². The Bertz CT molecular complexity index is 1190. The van der Waals surface area contributed by atoms with Gasteiger partial charge in [0.1, 0.15) is 23.2 Å². The summed E-state index contributed by atoms with van der Waals surface area (Å²) in [4.78, 5) is 16.0. The molecular weight excluding hydrogens is 502 g/mol. The van der Waals surface area contributed by atoms with Crippen molar-refractivity contribution in [2.45, 2.75) is 87.0 Å². The van der Waals surface area contributed by atoms with E-state index in [0.29, 0.717) is 22.8 Å². The molecule has 2 aromatic carbocycles. The zero-order chi connectivity index (χ0) is 30.5. The highest BCUT2D eigenvalue weighted by Crippen LogP contribution is 2.24. The molecule has 1 heterocycles. The van der Waals surface area contributed by atoms with Crippen molar-refractivity contribution in [1.29, 1.82) is 0 Å². The maximum Gasteiger partial charge on any atom is 0.137 e. The molecule has 3 rings (SSSR count). The highest BCUT2D eigenvalue weighted by Gasteiger charge is 2.14. The highest BCUT2D eigenvalue weighted by molar-refractivity contribution is 5.78. The Hall–Kier alpha value is -3.60. The lowest BCUT2D eigenvalue weighted by Gasteiger charge is -2.06. The summed E-state index contributed by atoms with van der Waals surface area (Å²) in [6, 6.07) is 10.7. The lowest BCUT2D eigenvalue weighted by Crippen LogP contribution is -2.05. The molecule has 0 aliphatic carbocycles. The predicted octanol–water partition coefficient (Wildman–Crippen LogP) is 10.6. The van der Waals surface area contributed by atoms with Gasteiger partial charge >= 0.3 is 0 Å². The second kappa shape index (κ2) is 21.2. The number of carbonyl (C=O) groups is 1. The van der Waals surface area contributed by atoms with E-state index in [1.165, 1.54) is 57.2 Å². The number of benzene rings is 2. The van der Waals surface area contributed by atoms with E-state index in [2.05, 4.69) is 32.0 Å². The normalized spacial score (nSPS) is 9.93. The van der Waals surface area contributed by atoms with Crippen molar-refractivity contribution in [3.05, 3.63) is 109 Å². The monoisotopic (exact) mass is 550 g/mol. The molecule has 3 nitrogen and oxygen atoms in total. The zero-order valence-corrected chi connectivity index (χ0v) is 25.6. The van der Waals surface area contributed by atoms with E-state index in [1.807, 2.05) is 32.9 Å². The number of hydrogen-bond donors (Lipinski definition) is 0. The van der Waals surface area contributed by atoms with Crippen LogP contribution in [0.15, 0.2) is 85.6 Å². The van der Waals surface area contributed by atoms with Crippen LogP contribution in [0.25, 0.3) is 16.9 Å². The van der Waals surface area contributed by atoms with Crippen molar-refractivity contribution in [3.63, 3.8) is 0 Å². The highest BCUT2D eigenvalue weighted by atomic mass is 19.1. The van der Waals surface area contributed by atoms with Crippen LogP contribution in [0.4, 0.5) is 8.78 Å². The van der Waals surface area contributed by atoms with Gasteiger partial charge < -0.3 is 4.57 Å². The van der Waals surface area contributed by atoms with Crippen molar-refractivity contribution >= 4 is 5.78 Å². The van der Waals surface area contributed by atoms with Crippen LogP contribution >= 0.6 is 0 Å². The van der Waals surface area contributed by atoms with Gasteiger partial charge in [0, 0.05) is 17.4 Å². The number of carbonyl (C=O) groups excluding carboxylic acids is 1. The minimum Gasteiger partial charge on any atom is -0.303 e. The number of halogens is 2. The van der Waals surface area contributed by atoms with Crippen molar-refractivity contribution in [3.8, 4) is 16.9 Å². The molecule has 0 saturated heterocycles. The van der Waals surface area contributed by atoms with E-state index in [4.69, 9.17) is 0 Å². The topological polar surface area (TPSA) is 34.9 Å². The first-order chi connectivity index (χ1) is 19.1. The van der Waals surface area contributed by atoms with Crippen molar-refractivity contribution in [2.75, 3.05) is 0 Å². The third-order valence-corrected chi connectivity index (χ3v) is 5.47. The first kappa shape index (κ1) is 36.4. The number of rotatable bonds is 10. The van der Waals surface area contributed by atoms with Crippen LogP contribution in [0.1, 0.15) is 85.0 Å². The fourth-order valence-corrected chi connectivity index (χ4v) is 3.44. The Labute approximate surface area is 241 Å². The third-order valence-electron chi connectivity index (χ3n) is 5.47. The molecule has 218 valence electrons. The molecule has 5 heteroatoms. The average Bonchev–Trinajstić information content (AvgIpc) is 3.34. The van der Waals surface area contributed by atoms with E-state index < -0.39 is 0 Å². The van der Waals surface area contributed by atoms with Crippen LogP contribution in [-0.2, 0) is 11.2 Å². The van der Waals surface area contributed by atoms with Crippen LogP contribution in [-0.4, -0.2) is 15.3 Å². The average molecular weight is 551 g/mol. The molecular formula is C35H48F2N2O. The second-order valence-electron chi connectivity index (χ2n) is 9.23. The molecule has 3 aromatic rings. The summed E-state index contributed by atoms with van der Waals surface area (Å²) in [7, 11) is 0. The molecule has 0 saturated carbocycles. The van der Waals surface area contributed by atoms with Gasteiger partial charge in [0.25, 0.3) is 0 Å². The van der Waals surface area contributed by atoms with Crippen molar-refractivity contribution < 1.29 is 13.6 Å². The maximum absolute atomic E-state index is 13.5. The van der Waals surface area contributed by atoms with E-state index >= 15 is 0 Å². The molecule has 0 radical (unpaired) electrons. The third kappa shape index (κ3) is 14.5. The number of unbranched alkanes of at least 4 members (excludes halogenated alkanes) is 4. The number of aromatic nitrogens is 2. The number of hydrogen-bond acceptors (Lipinski definition) is 2. The molecule has 0 aliphatic heterocycles. The van der Waals surface area contributed by atoms with Gasteiger partial charge in [-0.3, -0.25) is 4.79 Å². The second-order valence-corrected chi connectivity index (χ2v) is 9.23. The van der Waals surface area contributed by atoms with E-state index in [-0.39, 0.29) is 23.8 Å². The van der Waals surface area contributed by atoms with Crippen LogP contribution in [0.5, 0.6) is 0 Å². The Kier molecular flexibility index (Phi) is 19.3. The summed E-state index contributed by atoms with van der Waals surface area (Å²) in [6.45, 7) is 20.8. The Balaban J connectivity index is 0.000000786. The van der Waals surface area contributed by atoms with Crippen molar-refractivity contribution in [1.82, 2.24) is 9.55 Å². The predicted molar refractivity (Wildman–Crippen MR) is 168 cm³/mol. The summed E-state index contributed by atoms with van der Waals surface area (Å²) < 4.78 is 28.4. The van der Waals surface area contributed by atoms with Crippen LogP contribution < -0.4 is 0 Å². The van der Waals surface area contributed by atoms with Gasteiger partial charge in [0.15, 0.2) is 0 Å². The first-order valence-electron chi connectivity index (χ1n) is 14.2. The Morgan fingerprint density at radius 3 is 2.02 bits per heavy atom. The molecule has 0 amide bonds. The summed E-state index contributed by atoms with van der Waals surface area (Å²) in [6.07, 6.45) is 14.5. The lowest BCUT2D eigenvalue weighted by molar-refractivity contribution is -0.116. The molecule has 40 heavy (non-hydrogen) atoms. The van der Waals surface area contributed by atoms with Crippen LogP contribution in [0, 0.1) is 18.6 Å². The number of nitrogens with zero attached hydrogens (tertiary/aromatic N) is 2. The summed E-state index contributed by atoms with van der Waals surface area (Å²) >= 11 is 0. The van der Waals surface area contributed by atoms with E-state index in [9.17, 15) is 13.6 Å². The quantitative estimate of drug-likeness (QED) is 0.186. The fraction of sp³-hybridized carbons (Fsp3) is 0.371. The number of imidazole rings is 1. The standard InChI is InChI=1S/C19H16F2N2O.C7H10.C7H16.C2H6/c1-12-9-14(3-8-17(12)21)18-11-23(19(22-18)10-13(2)24)16-6-4-15(20)5-7-16;1-4-5-6-7(2)3;1-3-5-7-6-4-2;1-2/h3-9,11H,10H2,1-2H3;4-6H,1-2H2,3H3;3-7H2,1-2H3;1-2H3/b;6-5-;;. The molecule has 0 spiro atoms. The molecule has 0 unspecified atom stereocenters. The lowest BCUT2D eigenvalue weighted by atomic mass is 10.1. The van der Waals surface area contributed by atoms with Gasteiger partial charge in [-0.25, -0.2) is 13.8 Å². The largest absolute Gasteiger partial charge is 0.303 e. The number of ketones is 1. The number of Topliss-reactive ketones (excluding diaryl/α,β-unsaturated/α-hetero) is 1. The van der Waals surface area contributed by atoms with Crippen molar-refractivity contribution in [2.24, 2.45) is 0 Å². The Morgan fingerprint density at radius 1 is 0.975 bits per heavy atom. The molecule has 0 fully saturated rings. The molecule has 1 aromatic heterocycles. The van der Waals surface area contributed by atoms with E-state index in [0.717, 1.165) is 11.1 Å². The molecule has 0 bridgehead atoms. The van der Waals surface area contributed by atoms with Gasteiger partial charge in [-0.1, -0.05) is 96.8 Å². The molecule has 0 aliphatic rings. The molecule has 0 N–H and O–H groups in total. The Morgan fingerprint density at radius 2 is 1.57 bits per heavy atom. The van der Waals surface area contributed by atoms with Gasteiger partial charge in [-0.15, -0.1) is 0 Å². The van der Waals surface area contributed by atoms with E-state index in [1.54, 1.807) is 48.0 Å². The minimum atomic E-state index is -0.332. The van der Waals surface area contributed by atoms with Gasteiger partial charge in [0.2, 0.25) is 0 Å². The fourth-order valence-electron chi connectivity index (χ4n) is 3.44. The van der Waals surface area contributed by atoms with Gasteiger partial charge in [0.05, 0.1) is 12.1 Å². The smallest absolute Gasteiger partial charge is 0.137 e. The number of aryl methyl sites for hydroxylation is 1. The summed E-state index contributed by atoms with van der Waals surface area (Å²) in [5, 5.41) is 0. The number of allylic oxidation sites excluding steroid dienone is 4. The van der Waals surface area contributed by atoms with Gasteiger partial charge in [-0.2, -0.15) is 0 Å². The summed E-state index contributed by atoms with van der Waals surface area (Å²) in [5.41, 5.74) is 3.69. The molecule has 0 atom stereocenters. The maximum atomic E-state index is 13.5. The van der Waals surface area contributed by atoms with Crippen LogP contribution in [0.2, 0.25) is 0 Å². The summed E-state index contributed by atoms with van der Waals surface area (Å²) in [5.74, 6) is -0.0704. The zero-order valence-electron chi connectivity index (χ0n) is 25.6.